The fourth-order valence-corrected chi connectivity index (χ4v) is 2.96. The predicted molar refractivity (Wildman–Crippen MR) is 60.6 cm³/mol. The molecule has 0 bridgehead atoms. The van der Waals surface area contributed by atoms with E-state index in [0.717, 1.165) is 11.8 Å². The number of nitrogens with one attached hydrogen (secondary N) is 1. The van der Waals surface area contributed by atoms with Gasteiger partial charge < -0.3 is 25.4 Å². The van der Waals surface area contributed by atoms with Gasteiger partial charge in [0, 0.05) is 0 Å². The molecule has 5 atom stereocenters. The van der Waals surface area contributed by atoms with E-state index in [2.05, 4.69) is 10.3 Å². The van der Waals surface area contributed by atoms with Crippen LogP contribution in [0.1, 0.15) is 0 Å². The first kappa shape index (κ1) is 14.9. The van der Waals surface area contributed by atoms with Crippen LogP contribution in [0.5, 0.6) is 0 Å². The number of amidine groups is 1. The average molecular weight is 302 g/mol. The summed E-state index contributed by atoms with van der Waals surface area (Å²) in [5.41, 5.74) is -0.716. The highest BCUT2D eigenvalue weighted by atomic mass is 32.2. The van der Waals surface area contributed by atoms with Crippen LogP contribution in [0.3, 0.4) is 0 Å². The maximum absolute atomic E-state index is 12.1. The van der Waals surface area contributed by atoms with E-state index >= 15 is 0 Å². The van der Waals surface area contributed by atoms with E-state index < -0.39 is 49.1 Å². The quantitative estimate of drug-likeness (QED) is 0.525. The number of hydrogen-bond donors (Lipinski definition) is 4. The Morgan fingerprint density at radius 2 is 2.00 bits per heavy atom. The number of alkyl halides is 3. The van der Waals surface area contributed by atoms with Crippen LogP contribution in [0.25, 0.3) is 0 Å². The Bertz CT molecular complexity index is 368. The van der Waals surface area contributed by atoms with Crippen molar-refractivity contribution in [3.63, 3.8) is 0 Å². The number of ether oxygens (including phenoxy) is 1. The SMILES string of the molecule is OC[C@H]1OC2SC(NCC(F)(F)F)=N[C@H]2[C@@H](O)[C@@H]1O. The van der Waals surface area contributed by atoms with E-state index in [1.165, 1.54) is 0 Å². The van der Waals surface area contributed by atoms with Gasteiger partial charge in [-0.05, 0) is 0 Å². The standard InChI is InChI=1S/C9H13F3N2O4S/c10-9(11,12)2-13-8-14-4-6(17)5(16)3(1-15)18-7(4)19-8/h3-7,15-17H,1-2H2,(H,13,14)/t3-,4+,5-,6-,7?/m1/s1. The first-order valence-corrected chi connectivity index (χ1v) is 6.37. The number of aliphatic hydroxyl groups excluding tert-OH is 3. The summed E-state index contributed by atoms with van der Waals surface area (Å²) in [5.74, 6) is 0. The minimum atomic E-state index is -4.37. The molecule has 2 heterocycles. The van der Waals surface area contributed by atoms with Crippen LogP contribution in [0, 0.1) is 0 Å². The van der Waals surface area contributed by atoms with Gasteiger partial charge in [0.1, 0.15) is 36.3 Å². The Kier molecular flexibility index (Phi) is 4.26. The van der Waals surface area contributed by atoms with Gasteiger partial charge >= 0.3 is 6.18 Å². The molecular weight excluding hydrogens is 289 g/mol. The zero-order valence-electron chi connectivity index (χ0n) is 9.54. The van der Waals surface area contributed by atoms with E-state index in [9.17, 15) is 23.4 Å². The maximum atomic E-state index is 12.1. The number of nitrogens with zero attached hydrogens (tertiary/aromatic N) is 1. The Morgan fingerprint density at radius 3 is 2.58 bits per heavy atom. The molecule has 0 aliphatic carbocycles. The summed E-state index contributed by atoms with van der Waals surface area (Å²) in [6.45, 7) is -1.73. The summed E-state index contributed by atoms with van der Waals surface area (Å²) in [7, 11) is 0. The van der Waals surface area contributed by atoms with Crippen LogP contribution >= 0.6 is 11.8 Å². The monoisotopic (exact) mass is 302 g/mol. The molecule has 0 spiro atoms. The molecular formula is C9H13F3N2O4S. The number of rotatable bonds is 2. The summed E-state index contributed by atoms with van der Waals surface area (Å²) in [6.07, 6.45) is -7.95. The first-order valence-electron chi connectivity index (χ1n) is 5.49. The summed E-state index contributed by atoms with van der Waals surface area (Å²) >= 11 is 0.895. The van der Waals surface area contributed by atoms with Crippen molar-refractivity contribution in [2.24, 2.45) is 4.99 Å². The third kappa shape index (κ3) is 3.31. The zero-order valence-corrected chi connectivity index (χ0v) is 10.4. The summed E-state index contributed by atoms with van der Waals surface area (Å²) in [5, 5.41) is 30.5. The van der Waals surface area contributed by atoms with Crippen molar-refractivity contribution >= 4 is 16.9 Å². The highest BCUT2D eigenvalue weighted by Crippen LogP contribution is 2.35. The van der Waals surface area contributed by atoms with Crippen molar-refractivity contribution in [1.29, 1.82) is 0 Å². The number of halogens is 3. The van der Waals surface area contributed by atoms with Crippen molar-refractivity contribution in [2.45, 2.75) is 36.0 Å². The lowest BCUT2D eigenvalue weighted by molar-refractivity contribution is -0.164. The summed E-state index contributed by atoms with van der Waals surface area (Å²) in [4.78, 5) is 3.87. The van der Waals surface area contributed by atoms with Gasteiger partial charge in [0.05, 0.1) is 6.61 Å². The molecule has 1 fully saturated rings. The van der Waals surface area contributed by atoms with Gasteiger partial charge in [-0.15, -0.1) is 0 Å². The van der Waals surface area contributed by atoms with Crippen LogP contribution in [0.15, 0.2) is 4.99 Å². The molecule has 0 amide bonds. The minimum absolute atomic E-state index is 0.00263. The molecule has 4 N–H and O–H groups in total. The molecule has 2 aliphatic heterocycles. The molecule has 19 heavy (non-hydrogen) atoms. The first-order chi connectivity index (χ1) is 8.81. The molecule has 0 aromatic heterocycles. The van der Waals surface area contributed by atoms with Crippen molar-refractivity contribution in [2.75, 3.05) is 13.2 Å². The van der Waals surface area contributed by atoms with Crippen molar-refractivity contribution in [1.82, 2.24) is 5.32 Å². The van der Waals surface area contributed by atoms with Crippen LogP contribution < -0.4 is 5.32 Å². The van der Waals surface area contributed by atoms with Crippen LogP contribution in [-0.4, -0.2) is 69.6 Å². The fourth-order valence-electron chi connectivity index (χ4n) is 1.84. The lowest BCUT2D eigenvalue weighted by Gasteiger charge is -2.37. The third-order valence-corrected chi connectivity index (χ3v) is 3.88. The van der Waals surface area contributed by atoms with Gasteiger partial charge in [0.2, 0.25) is 0 Å². The van der Waals surface area contributed by atoms with Crippen molar-refractivity contribution in [3.8, 4) is 0 Å². The normalized spacial score (nSPS) is 38.8. The second-order valence-electron chi connectivity index (χ2n) is 4.22. The molecule has 1 unspecified atom stereocenters. The summed E-state index contributed by atoms with van der Waals surface area (Å²) in [6, 6.07) is -0.849. The molecule has 6 nitrogen and oxygen atoms in total. The molecule has 0 aromatic carbocycles. The van der Waals surface area contributed by atoms with Gasteiger partial charge in [-0.2, -0.15) is 13.2 Å². The Balaban J connectivity index is 1.99. The molecule has 0 aromatic rings. The molecule has 110 valence electrons. The van der Waals surface area contributed by atoms with Gasteiger partial charge in [-0.25, -0.2) is 0 Å². The lowest BCUT2D eigenvalue weighted by Crippen LogP contribution is -2.55. The lowest BCUT2D eigenvalue weighted by atomic mass is 9.99. The molecule has 2 rings (SSSR count). The Labute approximate surface area is 110 Å². The number of aliphatic hydroxyl groups is 3. The third-order valence-electron chi connectivity index (χ3n) is 2.78. The number of fused-ring (bicyclic) bond motifs is 1. The van der Waals surface area contributed by atoms with E-state index in [0.29, 0.717) is 0 Å². The molecule has 1 saturated heterocycles. The van der Waals surface area contributed by atoms with E-state index in [1.54, 1.807) is 0 Å². The van der Waals surface area contributed by atoms with Gasteiger partial charge in [-0.1, -0.05) is 11.8 Å². The number of hydrogen-bond acceptors (Lipinski definition) is 7. The fraction of sp³-hybridized carbons (Fsp3) is 0.889. The van der Waals surface area contributed by atoms with Gasteiger partial charge in [0.15, 0.2) is 5.17 Å². The van der Waals surface area contributed by atoms with Crippen molar-refractivity contribution in [3.05, 3.63) is 0 Å². The maximum Gasteiger partial charge on any atom is 0.405 e. The average Bonchev–Trinajstić information content (AvgIpc) is 2.73. The van der Waals surface area contributed by atoms with Crippen LogP contribution in [0.4, 0.5) is 13.2 Å². The highest BCUT2D eigenvalue weighted by molar-refractivity contribution is 8.14. The van der Waals surface area contributed by atoms with Gasteiger partial charge in [-0.3, -0.25) is 4.99 Å². The summed E-state index contributed by atoms with van der Waals surface area (Å²) < 4.78 is 41.4. The van der Waals surface area contributed by atoms with E-state index in [1.807, 2.05) is 0 Å². The topological polar surface area (TPSA) is 94.3 Å². The second kappa shape index (κ2) is 5.44. The predicted octanol–water partition coefficient (Wildman–Crippen LogP) is -0.951. The van der Waals surface area contributed by atoms with Crippen LogP contribution in [0.2, 0.25) is 0 Å². The van der Waals surface area contributed by atoms with Crippen molar-refractivity contribution < 1.29 is 33.2 Å². The Hall–Kier alpha value is -0.550. The Morgan fingerprint density at radius 1 is 1.32 bits per heavy atom. The molecule has 2 aliphatic rings. The zero-order chi connectivity index (χ0) is 14.2. The molecule has 0 radical (unpaired) electrons. The van der Waals surface area contributed by atoms with E-state index in [-0.39, 0.29) is 5.17 Å². The van der Waals surface area contributed by atoms with Gasteiger partial charge in [0.25, 0.3) is 0 Å². The smallest absolute Gasteiger partial charge is 0.394 e. The molecule has 0 saturated carbocycles. The largest absolute Gasteiger partial charge is 0.405 e. The highest BCUT2D eigenvalue weighted by Gasteiger charge is 2.48. The number of thioether (sulfide) groups is 1. The number of aliphatic imine (C=N–C) groups is 1. The van der Waals surface area contributed by atoms with E-state index in [4.69, 9.17) is 9.84 Å². The van der Waals surface area contributed by atoms with Crippen LogP contribution in [-0.2, 0) is 4.74 Å². The molecule has 10 heteroatoms. The minimum Gasteiger partial charge on any atom is -0.394 e. The second-order valence-corrected chi connectivity index (χ2v) is 5.31.